The number of imide groups is 1. The third-order valence-corrected chi connectivity index (χ3v) is 8.36. The Bertz CT molecular complexity index is 783. The van der Waals surface area contributed by atoms with Gasteiger partial charge in [-0.25, -0.2) is 4.90 Å². The van der Waals surface area contributed by atoms with E-state index in [2.05, 4.69) is 20.5 Å². The van der Waals surface area contributed by atoms with Crippen LogP contribution in [-0.2, 0) is 9.59 Å². The van der Waals surface area contributed by atoms with E-state index in [0.29, 0.717) is 22.9 Å². The monoisotopic (exact) mass is 427 g/mol. The SMILES string of the molecule is CCC(Oc1cc(N2C(=O)C3C=CCCC3C2=O)c(Cl)cc1Cl)P(C)CC. The van der Waals surface area contributed by atoms with Crippen LogP contribution in [0, 0.1) is 11.8 Å². The van der Waals surface area contributed by atoms with Crippen molar-refractivity contribution in [3.05, 3.63) is 34.3 Å². The number of carbonyl (C=O) groups is 2. The summed E-state index contributed by atoms with van der Waals surface area (Å²) in [6.07, 6.45) is 7.21. The van der Waals surface area contributed by atoms with E-state index in [9.17, 15) is 9.59 Å². The van der Waals surface area contributed by atoms with Crippen molar-refractivity contribution in [2.45, 2.75) is 39.0 Å². The highest BCUT2D eigenvalue weighted by molar-refractivity contribution is 7.57. The van der Waals surface area contributed by atoms with E-state index in [1.165, 1.54) is 4.90 Å². The van der Waals surface area contributed by atoms with Crippen molar-refractivity contribution in [1.82, 2.24) is 0 Å². The van der Waals surface area contributed by atoms with Gasteiger partial charge < -0.3 is 4.74 Å². The van der Waals surface area contributed by atoms with Crippen LogP contribution in [0.3, 0.4) is 0 Å². The lowest BCUT2D eigenvalue weighted by Gasteiger charge is -2.25. The summed E-state index contributed by atoms with van der Waals surface area (Å²) in [4.78, 5) is 26.9. The van der Waals surface area contributed by atoms with Gasteiger partial charge in [-0.3, -0.25) is 9.59 Å². The van der Waals surface area contributed by atoms with Gasteiger partial charge in [0, 0.05) is 6.07 Å². The predicted octanol–water partition coefficient (Wildman–Crippen LogP) is 5.70. The molecule has 1 aliphatic carbocycles. The predicted molar refractivity (Wildman–Crippen MR) is 112 cm³/mol. The van der Waals surface area contributed by atoms with Crippen LogP contribution in [0.15, 0.2) is 24.3 Å². The molecule has 1 aliphatic heterocycles. The number of carbonyl (C=O) groups excluding carboxylic acids is 2. The number of hydrogen-bond acceptors (Lipinski definition) is 3. The maximum Gasteiger partial charge on any atom is 0.241 e. The van der Waals surface area contributed by atoms with E-state index in [1.54, 1.807) is 12.1 Å². The average molecular weight is 428 g/mol. The molecule has 1 aromatic carbocycles. The van der Waals surface area contributed by atoms with Crippen molar-refractivity contribution >= 4 is 48.6 Å². The molecule has 3 rings (SSSR count). The van der Waals surface area contributed by atoms with Gasteiger partial charge in [0.2, 0.25) is 11.8 Å². The minimum Gasteiger partial charge on any atom is -0.484 e. The topological polar surface area (TPSA) is 46.6 Å². The lowest BCUT2D eigenvalue weighted by atomic mass is 9.86. The summed E-state index contributed by atoms with van der Waals surface area (Å²) in [7, 11) is -0.305. The second kappa shape index (κ2) is 8.51. The lowest BCUT2D eigenvalue weighted by Crippen LogP contribution is -2.31. The summed E-state index contributed by atoms with van der Waals surface area (Å²) in [5.74, 6) is -0.582. The quantitative estimate of drug-likeness (QED) is 0.332. The van der Waals surface area contributed by atoms with Crippen molar-refractivity contribution in [1.29, 1.82) is 0 Å². The fourth-order valence-electron chi connectivity index (χ4n) is 3.64. The van der Waals surface area contributed by atoms with Gasteiger partial charge in [-0.05, 0) is 38.2 Å². The van der Waals surface area contributed by atoms with Crippen molar-refractivity contribution < 1.29 is 14.3 Å². The first-order valence-electron chi connectivity index (χ1n) is 9.29. The van der Waals surface area contributed by atoms with Gasteiger partial charge in [0.1, 0.15) is 11.6 Å². The Morgan fingerprint density at radius 1 is 1.22 bits per heavy atom. The summed E-state index contributed by atoms with van der Waals surface area (Å²) in [6.45, 7) is 6.41. The van der Waals surface area contributed by atoms with Crippen LogP contribution >= 0.6 is 31.1 Å². The van der Waals surface area contributed by atoms with E-state index in [0.717, 1.165) is 19.0 Å². The van der Waals surface area contributed by atoms with Gasteiger partial charge in [0.25, 0.3) is 0 Å². The molecule has 0 radical (unpaired) electrons. The van der Waals surface area contributed by atoms with E-state index in [-0.39, 0.29) is 36.5 Å². The zero-order valence-corrected chi connectivity index (χ0v) is 18.2. The van der Waals surface area contributed by atoms with Crippen LogP contribution in [-0.4, -0.2) is 30.5 Å². The summed E-state index contributed by atoms with van der Waals surface area (Å²) in [6, 6.07) is 3.20. The molecule has 1 aromatic rings. The highest BCUT2D eigenvalue weighted by Gasteiger charge is 2.48. The summed E-state index contributed by atoms with van der Waals surface area (Å²) < 4.78 is 6.17. The van der Waals surface area contributed by atoms with Crippen molar-refractivity contribution in [3.63, 3.8) is 0 Å². The standard InChI is InChI=1S/C20H24Cl2NO3P/c1-4-18(27(3)5-2)26-17-11-16(14(21)10-15(17)22)23-19(24)12-8-6-7-9-13(12)20(23)25/h6,8,10-13,18H,4-5,7,9H2,1-3H3. The second-order valence-corrected chi connectivity index (χ2v) is 10.5. The van der Waals surface area contributed by atoms with Gasteiger partial charge in [-0.1, -0.05) is 57.1 Å². The van der Waals surface area contributed by atoms with E-state index in [4.69, 9.17) is 27.9 Å². The number of anilines is 1. The first-order chi connectivity index (χ1) is 12.9. The normalized spacial score (nSPS) is 24.1. The number of ether oxygens (including phenoxy) is 1. The van der Waals surface area contributed by atoms with Gasteiger partial charge in [0.15, 0.2) is 0 Å². The average Bonchev–Trinajstić information content (AvgIpc) is 2.92. The third-order valence-electron chi connectivity index (χ3n) is 5.31. The van der Waals surface area contributed by atoms with E-state index >= 15 is 0 Å². The number of benzene rings is 1. The molecule has 2 aliphatic rings. The molecule has 27 heavy (non-hydrogen) atoms. The van der Waals surface area contributed by atoms with E-state index < -0.39 is 5.92 Å². The maximum atomic E-state index is 12.9. The molecular formula is C20H24Cl2NO3P. The molecule has 1 fully saturated rings. The number of hydrogen-bond donors (Lipinski definition) is 0. The molecule has 0 saturated carbocycles. The molecule has 0 spiro atoms. The molecule has 4 atom stereocenters. The number of allylic oxidation sites excluding steroid dienone is 1. The van der Waals surface area contributed by atoms with Crippen LogP contribution < -0.4 is 9.64 Å². The lowest BCUT2D eigenvalue weighted by molar-refractivity contribution is -0.122. The zero-order chi connectivity index (χ0) is 19.7. The molecule has 1 heterocycles. The van der Waals surface area contributed by atoms with Gasteiger partial charge in [-0.2, -0.15) is 0 Å². The molecule has 2 amide bonds. The van der Waals surface area contributed by atoms with Crippen LogP contribution in [0.5, 0.6) is 5.75 Å². The molecular weight excluding hydrogens is 404 g/mol. The Kier molecular flexibility index (Phi) is 6.50. The molecule has 4 nitrogen and oxygen atoms in total. The van der Waals surface area contributed by atoms with Gasteiger partial charge in [-0.15, -0.1) is 0 Å². The third kappa shape index (κ3) is 3.90. The van der Waals surface area contributed by atoms with Crippen molar-refractivity contribution in [3.8, 4) is 5.75 Å². The second-order valence-electron chi connectivity index (χ2n) is 6.94. The zero-order valence-electron chi connectivity index (χ0n) is 15.7. The smallest absolute Gasteiger partial charge is 0.241 e. The largest absolute Gasteiger partial charge is 0.484 e. The molecule has 0 aromatic heterocycles. The fourth-order valence-corrected chi connectivity index (χ4v) is 5.48. The number of amides is 2. The Labute approximate surface area is 171 Å². The molecule has 146 valence electrons. The molecule has 1 saturated heterocycles. The first kappa shape index (κ1) is 20.6. The molecule has 7 heteroatoms. The minimum atomic E-state index is -0.394. The minimum absolute atomic E-state index is 0.0621. The number of rotatable bonds is 6. The Morgan fingerprint density at radius 2 is 1.96 bits per heavy atom. The summed E-state index contributed by atoms with van der Waals surface area (Å²) >= 11 is 12.7. The van der Waals surface area contributed by atoms with Gasteiger partial charge >= 0.3 is 0 Å². The molecule has 4 unspecified atom stereocenters. The van der Waals surface area contributed by atoms with Crippen LogP contribution in [0.1, 0.15) is 33.1 Å². The summed E-state index contributed by atoms with van der Waals surface area (Å²) in [5.41, 5.74) is 0.362. The Balaban J connectivity index is 1.96. The molecule has 0 N–H and O–H groups in total. The number of nitrogens with zero attached hydrogens (tertiary/aromatic N) is 1. The Hall–Kier alpha value is -1.09. The highest BCUT2D eigenvalue weighted by Crippen LogP contribution is 2.45. The van der Waals surface area contributed by atoms with Crippen LogP contribution in [0.2, 0.25) is 10.0 Å². The fraction of sp³-hybridized carbons (Fsp3) is 0.500. The Morgan fingerprint density at radius 3 is 2.59 bits per heavy atom. The maximum absolute atomic E-state index is 12.9. The molecule has 0 bridgehead atoms. The highest BCUT2D eigenvalue weighted by atomic mass is 35.5. The summed E-state index contributed by atoms with van der Waals surface area (Å²) in [5, 5.41) is 0.664. The van der Waals surface area contributed by atoms with Crippen molar-refractivity contribution in [2.24, 2.45) is 11.8 Å². The number of fused-ring (bicyclic) bond motifs is 1. The first-order valence-corrected chi connectivity index (χ1v) is 12.1. The van der Waals surface area contributed by atoms with E-state index in [1.807, 2.05) is 12.2 Å². The van der Waals surface area contributed by atoms with Crippen LogP contribution in [0.4, 0.5) is 5.69 Å². The van der Waals surface area contributed by atoms with Crippen LogP contribution in [0.25, 0.3) is 0 Å². The number of halogens is 2. The van der Waals surface area contributed by atoms with Crippen molar-refractivity contribution in [2.75, 3.05) is 17.7 Å². The van der Waals surface area contributed by atoms with Gasteiger partial charge in [0.05, 0.1) is 27.6 Å².